The average molecular weight is 220 g/mol. The Labute approximate surface area is 95.2 Å². The largest absolute Gasteiger partial charge is 0.490 e. The molecule has 0 N–H and O–H groups in total. The lowest BCUT2D eigenvalue weighted by atomic mass is 10.2. The van der Waals surface area contributed by atoms with Crippen LogP contribution < -0.4 is 4.74 Å². The predicted octanol–water partition coefficient (Wildman–Crippen LogP) is 1.47. The molecule has 0 aromatic carbocycles. The zero-order chi connectivity index (χ0) is 11.4. The number of hydrogen-bond donors (Lipinski definition) is 0. The van der Waals surface area contributed by atoms with E-state index in [9.17, 15) is 4.79 Å². The van der Waals surface area contributed by atoms with Gasteiger partial charge in [-0.05, 0) is 25.5 Å². The fourth-order valence-corrected chi connectivity index (χ4v) is 2.03. The highest BCUT2D eigenvalue weighted by Crippen LogP contribution is 2.19. The molecule has 1 aliphatic heterocycles. The smallest absolute Gasteiger partial charge is 0.223 e. The first-order valence-corrected chi connectivity index (χ1v) is 5.63. The van der Waals surface area contributed by atoms with Crippen LogP contribution in [0.1, 0.15) is 19.8 Å². The number of hydrogen-bond acceptors (Lipinski definition) is 3. The van der Waals surface area contributed by atoms with E-state index in [0.717, 1.165) is 18.7 Å². The van der Waals surface area contributed by atoms with E-state index in [2.05, 4.69) is 4.98 Å². The van der Waals surface area contributed by atoms with Crippen LogP contribution in [-0.4, -0.2) is 35.0 Å². The van der Waals surface area contributed by atoms with Crippen LogP contribution in [0.2, 0.25) is 0 Å². The van der Waals surface area contributed by atoms with Crippen LogP contribution in [-0.2, 0) is 4.79 Å². The first-order chi connectivity index (χ1) is 7.81. The molecule has 1 unspecified atom stereocenters. The maximum atomic E-state index is 11.5. The summed E-state index contributed by atoms with van der Waals surface area (Å²) >= 11 is 0. The van der Waals surface area contributed by atoms with E-state index in [1.807, 2.05) is 24.0 Å². The maximum Gasteiger partial charge on any atom is 0.223 e. The highest BCUT2D eigenvalue weighted by atomic mass is 16.5. The van der Waals surface area contributed by atoms with Gasteiger partial charge in [0.05, 0.1) is 12.2 Å². The molecule has 86 valence electrons. The van der Waals surface area contributed by atoms with E-state index in [1.54, 1.807) is 12.4 Å². The second kappa shape index (κ2) is 4.96. The van der Waals surface area contributed by atoms with Crippen LogP contribution in [0.5, 0.6) is 5.75 Å². The molecular formula is C12H16N2O2. The van der Waals surface area contributed by atoms with E-state index in [0.29, 0.717) is 13.0 Å². The minimum atomic E-state index is 0.220. The topological polar surface area (TPSA) is 42.4 Å². The van der Waals surface area contributed by atoms with Crippen molar-refractivity contribution in [2.45, 2.75) is 25.8 Å². The number of rotatable bonds is 4. The standard InChI is InChI=1S/C12H16N2O2/c1-2-14-10(5-6-12(14)15)9-16-11-4-3-7-13-8-11/h3-4,7-8,10H,2,5-6,9H2,1H3. The number of ether oxygens (including phenoxy) is 1. The summed E-state index contributed by atoms with van der Waals surface area (Å²) in [6.07, 6.45) is 4.94. The van der Waals surface area contributed by atoms with Crippen molar-refractivity contribution < 1.29 is 9.53 Å². The summed E-state index contributed by atoms with van der Waals surface area (Å²) in [7, 11) is 0. The van der Waals surface area contributed by atoms with Gasteiger partial charge in [-0.3, -0.25) is 9.78 Å². The van der Waals surface area contributed by atoms with Crippen molar-refractivity contribution in [2.24, 2.45) is 0 Å². The van der Waals surface area contributed by atoms with Crippen LogP contribution >= 0.6 is 0 Å². The molecule has 1 amide bonds. The number of carbonyl (C=O) groups is 1. The molecular weight excluding hydrogens is 204 g/mol. The Hall–Kier alpha value is -1.58. The van der Waals surface area contributed by atoms with Crippen LogP contribution in [0.25, 0.3) is 0 Å². The van der Waals surface area contributed by atoms with Crippen molar-refractivity contribution in [1.29, 1.82) is 0 Å². The third-order valence-corrected chi connectivity index (χ3v) is 2.87. The monoisotopic (exact) mass is 220 g/mol. The summed E-state index contributed by atoms with van der Waals surface area (Å²) in [4.78, 5) is 17.3. The van der Waals surface area contributed by atoms with E-state index >= 15 is 0 Å². The third kappa shape index (κ3) is 2.32. The zero-order valence-electron chi connectivity index (χ0n) is 9.43. The van der Waals surface area contributed by atoms with Gasteiger partial charge in [-0.25, -0.2) is 0 Å². The lowest BCUT2D eigenvalue weighted by molar-refractivity contribution is -0.129. The van der Waals surface area contributed by atoms with Gasteiger partial charge in [0.25, 0.3) is 0 Å². The summed E-state index contributed by atoms with van der Waals surface area (Å²) in [6.45, 7) is 3.32. The van der Waals surface area contributed by atoms with Crippen molar-refractivity contribution >= 4 is 5.91 Å². The Kier molecular flexibility index (Phi) is 3.39. The number of carbonyl (C=O) groups excluding carboxylic acids is 1. The molecule has 1 aliphatic rings. The molecule has 1 aromatic rings. The van der Waals surface area contributed by atoms with Gasteiger partial charge in [0.15, 0.2) is 0 Å². The first kappa shape index (κ1) is 10.9. The fraction of sp³-hybridized carbons (Fsp3) is 0.500. The molecule has 0 aliphatic carbocycles. The Morgan fingerprint density at radius 3 is 3.19 bits per heavy atom. The summed E-state index contributed by atoms with van der Waals surface area (Å²) in [6, 6.07) is 3.94. The maximum absolute atomic E-state index is 11.5. The van der Waals surface area contributed by atoms with Crippen molar-refractivity contribution in [2.75, 3.05) is 13.2 Å². The second-order valence-corrected chi connectivity index (χ2v) is 3.87. The molecule has 0 saturated carbocycles. The van der Waals surface area contributed by atoms with Gasteiger partial charge in [-0.2, -0.15) is 0 Å². The average Bonchev–Trinajstić information content (AvgIpc) is 2.68. The molecule has 2 rings (SSSR count). The number of nitrogens with zero attached hydrogens (tertiary/aromatic N) is 2. The first-order valence-electron chi connectivity index (χ1n) is 5.63. The molecule has 1 fully saturated rings. The van der Waals surface area contributed by atoms with Crippen LogP contribution in [0.4, 0.5) is 0 Å². The van der Waals surface area contributed by atoms with Crippen LogP contribution in [0, 0.1) is 0 Å². The van der Waals surface area contributed by atoms with E-state index in [1.165, 1.54) is 0 Å². The summed E-state index contributed by atoms with van der Waals surface area (Å²) < 4.78 is 5.61. The zero-order valence-corrected chi connectivity index (χ0v) is 9.43. The highest BCUT2D eigenvalue weighted by Gasteiger charge is 2.29. The molecule has 2 heterocycles. The Morgan fingerprint density at radius 2 is 2.50 bits per heavy atom. The summed E-state index contributed by atoms with van der Waals surface area (Å²) in [5, 5.41) is 0. The number of aromatic nitrogens is 1. The van der Waals surface area contributed by atoms with Gasteiger partial charge in [-0.15, -0.1) is 0 Å². The number of pyridine rings is 1. The third-order valence-electron chi connectivity index (χ3n) is 2.87. The quantitative estimate of drug-likeness (QED) is 0.771. The van der Waals surface area contributed by atoms with Gasteiger partial charge in [0, 0.05) is 19.2 Å². The lowest BCUT2D eigenvalue weighted by Gasteiger charge is -2.23. The summed E-state index contributed by atoms with van der Waals surface area (Å²) in [5.74, 6) is 1.00. The Morgan fingerprint density at radius 1 is 1.62 bits per heavy atom. The van der Waals surface area contributed by atoms with Gasteiger partial charge < -0.3 is 9.64 Å². The molecule has 1 aromatic heterocycles. The Bertz CT molecular complexity index is 353. The van der Waals surface area contributed by atoms with Crippen molar-refractivity contribution in [3.8, 4) is 5.75 Å². The minimum Gasteiger partial charge on any atom is -0.490 e. The van der Waals surface area contributed by atoms with Crippen LogP contribution in [0.15, 0.2) is 24.5 Å². The normalized spacial score (nSPS) is 20.2. The molecule has 4 heteroatoms. The number of likely N-dealkylation sites (N-methyl/N-ethyl adjacent to an activating group) is 1. The Balaban J connectivity index is 1.89. The van der Waals surface area contributed by atoms with E-state index in [-0.39, 0.29) is 11.9 Å². The number of likely N-dealkylation sites (tertiary alicyclic amines) is 1. The van der Waals surface area contributed by atoms with Gasteiger partial charge in [-0.1, -0.05) is 0 Å². The van der Waals surface area contributed by atoms with Crippen LogP contribution in [0.3, 0.4) is 0 Å². The molecule has 0 bridgehead atoms. The molecule has 0 radical (unpaired) electrons. The molecule has 16 heavy (non-hydrogen) atoms. The number of amides is 1. The van der Waals surface area contributed by atoms with Crippen molar-refractivity contribution in [1.82, 2.24) is 9.88 Å². The molecule has 1 saturated heterocycles. The van der Waals surface area contributed by atoms with Gasteiger partial charge in [0.1, 0.15) is 12.4 Å². The van der Waals surface area contributed by atoms with E-state index < -0.39 is 0 Å². The molecule has 1 atom stereocenters. The second-order valence-electron chi connectivity index (χ2n) is 3.87. The van der Waals surface area contributed by atoms with Crippen molar-refractivity contribution in [3.63, 3.8) is 0 Å². The molecule has 4 nitrogen and oxygen atoms in total. The molecule has 0 spiro atoms. The van der Waals surface area contributed by atoms with Gasteiger partial charge in [0.2, 0.25) is 5.91 Å². The fourth-order valence-electron chi connectivity index (χ4n) is 2.03. The van der Waals surface area contributed by atoms with E-state index in [4.69, 9.17) is 4.74 Å². The summed E-state index contributed by atoms with van der Waals surface area (Å²) in [5.41, 5.74) is 0. The highest BCUT2D eigenvalue weighted by molar-refractivity contribution is 5.78. The van der Waals surface area contributed by atoms with Crippen molar-refractivity contribution in [3.05, 3.63) is 24.5 Å². The minimum absolute atomic E-state index is 0.220. The predicted molar refractivity (Wildman–Crippen MR) is 60.1 cm³/mol. The van der Waals surface area contributed by atoms with Gasteiger partial charge >= 0.3 is 0 Å². The SMILES string of the molecule is CCN1C(=O)CCC1COc1cccnc1. The lowest BCUT2D eigenvalue weighted by Crippen LogP contribution is -2.36.